The van der Waals surface area contributed by atoms with Crippen LogP contribution >= 0.6 is 0 Å². The predicted octanol–water partition coefficient (Wildman–Crippen LogP) is 2.76. The van der Waals surface area contributed by atoms with E-state index in [2.05, 4.69) is 27.1 Å². The van der Waals surface area contributed by atoms with Gasteiger partial charge in [0.05, 0.1) is 6.54 Å². The number of carbonyl (C=O) groups is 1. The van der Waals surface area contributed by atoms with E-state index in [9.17, 15) is 18.0 Å². The minimum absolute atomic E-state index is 0.0386. The maximum atomic E-state index is 14.7. The molecule has 0 bridgehead atoms. The van der Waals surface area contributed by atoms with E-state index in [1.807, 2.05) is 4.90 Å². The summed E-state index contributed by atoms with van der Waals surface area (Å²) in [7, 11) is 2.10. The molecule has 5 rings (SSSR count). The zero-order valence-electron chi connectivity index (χ0n) is 21.1. The molecule has 2 saturated heterocycles. The number of ether oxygens (including phenoxy) is 1. The van der Waals surface area contributed by atoms with Crippen molar-refractivity contribution in [3.63, 3.8) is 0 Å². The zero-order chi connectivity index (χ0) is 25.9. The van der Waals surface area contributed by atoms with Gasteiger partial charge in [0.1, 0.15) is 12.4 Å². The van der Waals surface area contributed by atoms with E-state index in [-0.39, 0.29) is 41.8 Å². The molecule has 200 valence electrons. The molecule has 1 N–H and O–H groups in total. The molecule has 2 atom stereocenters. The molecule has 1 aromatic carbocycles. The number of carbonyl (C=O) groups excluding carboxylic acids is 1. The van der Waals surface area contributed by atoms with Crippen LogP contribution in [-0.2, 0) is 11.4 Å². The quantitative estimate of drug-likeness (QED) is 0.544. The Kier molecular flexibility index (Phi) is 7.97. The van der Waals surface area contributed by atoms with E-state index < -0.39 is 17.6 Å². The van der Waals surface area contributed by atoms with Crippen LogP contribution in [0.1, 0.15) is 36.3 Å². The second kappa shape index (κ2) is 11.4. The minimum atomic E-state index is -0.794. The maximum Gasteiger partial charge on any atom is 0.236 e. The van der Waals surface area contributed by atoms with Gasteiger partial charge in [0, 0.05) is 80.7 Å². The fraction of sp³-hybridized carbons (Fsp3) is 0.556. The number of piperazine rings is 1. The van der Waals surface area contributed by atoms with Gasteiger partial charge in [0.2, 0.25) is 11.9 Å². The fourth-order valence-electron chi connectivity index (χ4n) is 5.30. The highest BCUT2D eigenvalue weighted by Gasteiger charge is 2.42. The molecular formula is C27H34F3N5O2. The first-order chi connectivity index (χ1) is 17.9. The van der Waals surface area contributed by atoms with Gasteiger partial charge in [0.15, 0.2) is 11.6 Å². The molecule has 0 spiro atoms. The van der Waals surface area contributed by atoms with Crippen molar-refractivity contribution in [2.24, 2.45) is 0 Å². The fourth-order valence-corrected chi connectivity index (χ4v) is 5.30. The summed E-state index contributed by atoms with van der Waals surface area (Å²) in [5.74, 6) is -2.07. The number of hydrogen-bond donors (Lipinski definition) is 1. The van der Waals surface area contributed by atoms with Crippen LogP contribution in [0.15, 0.2) is 30.5 Å². The summed E-state index contributed by atoms with van der Waals surface area (Å²) in [6.07, 6.45) is 3.76. The van der Waals surface area contributed by atoms with Gasteiger partial charge in [-0.25, -0.2) is 13.8 Å². The summed E-state index contributed by atoms with van der Waals surface area (Å²) < 4.78 is 48.3. The normalized spacial score (nSPS) is 23.3. The van der Waals surface area contributed by atoms with Crippen molar-refractivity contribution in [2.45, 2.75) is 43.9 Å². The Hall–Kier alpha value is -2.69. The number of piperidine rings is 1. The van der Waals surface area contributed by atoms with Gasteiger partial charge in [0.25, 0.3) is 0 Å². The molecule has 2 aliphatic heterocycles. The van der Waals surface area contributed by atoms with Gasteiger partial charge >= 0.3 is 0 Å². The third-order valence-electron chi connectivity index (χ3n) is 7.69. The van der Waals surface area contributed by atoms with Crippen LogP contribution in [0, 0.1) is 17.6 Å². The molecule has 3 fully saturated rings. The summed E-state index contributed by atoms with van der Waals surface area (Å²) in [6, 6.07) is 5.52. The van der Waals surface area contributed by atoms with E-state index in [1.165, 1.54) is 18.3 Å². The smallest absolute Gasteiger partial charge is 0.236 e. The summed E-state index contributed by atoms with van der Waals surface area (Å²) in [4.78, 5) is 22.8. The van der Waals surface area contributed by atoms with Gasteiger partial charge in [-0.15, -0.1) is 0 Å². The Morgan fingerprint density at radius 2 is 1.86 bits per heavy atom. The van der Waals surface area contributed by atoms with Crippen molar-refractivity contribution >= 4 is 5.91 Å². The van der Waals surface area contributed by atoms with E-state index in [1.54, 1.807) is 6.07 Å². The number of hydrogen-bond acceptors (Lipinski definition) is 6. The number of halogens is 3. The lowest BCUT2D eigenvalue weighted by Crippen LogP contribution is -2.51. The Bertz CT molecular complexity index is 1100. The summed E-state index contributed by atoms with van der Waals surface area (Å²) >= 11 is 0. The molecule has 0 radical (unpaired) electrons. The van der Waals surface area contributed by atoms with Crippen molar-refractivity contribution in [3.8, 4) is 5.75 Å². The molecule has 37 heavy (non-hydrogen) atoms. The summed E-state index contributed by atoms with van der Waals surface area (Å²) in [5, 5.41) is 3.61. The summed E-state index contributed by atoms with van der Waals surface area (Å²) in [6.45, 7) is 5.53. The van der Waals surface area contributed by atoms with Crippen molar-refractivity contribution in [1.82, 2.24) is 25.0 Å². The van der Waals surface area contributed by atoms with Crippen LogP contribution < -0.4 is 10.1 Å². The molecule has 1 aliphatic carbocycles. The van der Waals surface area contributed by atoms with Crippen molar-refractivity contribution in [2.75, 3.05) is 52.9 Å². The van der Waals surface area contributed by atoms with Crippen molar-refractivity contribution < 1.29 is 22.7 Å². The molecule has 2 unspecified atom stereocenters. The van der Waals surface area contributed by atoms with Crippen LogP contribution in [0.3, 0.4) is 0 Å². The van der Waals surface area contributed by atoms with Crippen molar-refractivity contribution in [1.29, 1.82) is 0 Å². The average molecular weight is 518 g/mol. The highest BCUT2D eigenvalue weighted by molar-refractivity contribution is 5.78. The Labute approximate surface area is 215 Å². The Morgan fingerprint density at radius 1 is 1.11 bits per heavy atom. The molecule has 3 aliphatic rings. The zero-order valence-corrected chi connectivity index (χ0v) is 21.1. The van der Waals surface area contributed by atoms with Crippen LogP contribution in [0.25, 0.3) is 0 Å². The number of rotatable bonds is 8. The van der Waals surface area contributed by atoms with Crippen LogP contribution in [-0.4, -0.2) is 90.5 Å². The average Bonchev–Trinajstić information content (AvgIpc) is 3.64. The molecule has 7 nitrogen and oxygen atoms in total. The monoisotopic (exact) mass is 517 g/mol. The molecule has 1 saturated carbocycles. The highest BCUT2D eigenvalue weighted by Crippen LogP contribution is 2.46. The van der Waals surface area contributed by atoms with E-state index >= 15 is 0 Å². The second-order valence-electron chi connectivity index (χ2n) is 10.4. The second-order valence-corrected chi connectivity index (χ2v) is 10.4. The van der Waals surface area contributed by atoms with Crippen molar-refractivity contribution in [3.05, 3.63) is 59.2 Å². The molecule has 3 heterocycles. The largest absolute Gasteiger partial charge is 0.485 e. The molecule has 1 aromatic heterocycles. The number of nitrogens with zero attached hydrogens (tertiary/aromatic N) is 4. The first-order valence-corrected chi connectivity index (χ1v) is 13.0. The number of likely N-dealkylation sites (tertiary alicyclic amines) is 1. The van der Waals surface area contributed by atoms with Gasteiger partial charge in [-0.3, -0.25) is 9.69 Å². The number of benzene rings is 1. The van der Waals surface area contributed by atoms with Gasteiger partial charge in [-0.05, 0) is 44.5 Å². The lowest BCUT2D eigenvalue weighted by atomic mass is 10.0. The Morgan fingerprint density at radius 3 is 2.59 bits per heavy atom. The third kappa shape index (κ3) is 6.42. The SMILES string of the molecule is CN1CCN(CC(=O)N2CCC(NC3CC3c3cc(F)cc(F)c3OCc3cccnc3F)CC2)CC1. The van der Waals surface area contributed by atoms with E-state index in [0.717, 1.165) is 51.5 Å². The topological polar surface area (TPSA) is 60.9 Å². The standard InChI is InChI=1S/C27H34F3N5O2/c1-33-9-11-34(12-10-33)16-25(36)35-7-4-20(5-8-35)32-24-15-21(24)22-13-19(28)14-23(29)26(22)37-17-18-3-2-6-31-27(18)30/h2-3,6,13-14,20-21,24,32H,4-5,7-12,15-17H2,1H3. The number of likely N-dealkylation sites (N-methyl/N-ethyl adjacent to an activating group) is 1. The van der Waals surface area contributed by atoms with Crippen LogP contribution in [0.5, 0.6) is 5.75 Å². The summed E-state index contributed by atoms with van der Waals surface area (Å²) in [5.41, 5.74) is 0.663. The lowest BCUT2D eigenvalue weighted by molar-refractivity contribution is -0.133. The molecular weight excluding hydrogens is 483 g/mol. The minimum Gasteiger partial charge on any atom is -0.485 e. The van der Waals surface area contributed by atoms with Gasteiger partial charge in [-0.1, -0.05) is 0 Å². The molecule has 10 heteroatoms. The number of nitrogens with one attached hydrogen (secondary N) is 1. The molecule has 2 aromatic rings. The molecule has 1 amide bonds. The van der Waals surface area contributed by atoms with Gasteiger partial charge in [-0.2, -0.15) is 4.39 Å². The van der Waals surface area contributed by atoms with E-state index in [4.69, 9.17) is 4.74 Å². The lowest BCUT2D eigenvalue weighted by Gasteiger charge is -2.36. The first kappa shape index (κ1) is 25.9. The number of aromatic nitrogens is 1. The van der Waals surface area contributed by atoms with Gasteiger partial charge < -0.3 is 19.9 Å². The van der Waals surface area contributed by atoms with E-state index in [0.29, 0.717) is 25.2 Å². The number of amides is 1. The first-order valence-electron chi connectivity index (χ1n) is 13.0. The Balaban J connectivity index is 1.13. The third-order valence-corrected chi connectivity index (χ3v) is 7.69. The number of pyridine rings is 1. The predicted molar refractivity (Wildman–Crippen MR) is 133 cm³/mol. The van der Waals surface area contributed by atoms with Crippen LogP contribution in [0.4, 0.5) is 13.2 Å². The maximum absolute atomic E-state index is 14.7. The highest BCUT2D eigenvalue weighted by atomic mass is 19.1. The van der Waals surface area contributed by atoms with Crippen LogP contribution in [0.2, 0.25) is 0 Å².